The Bertz CT molecular complexity index is 611. The largest absolute Gasteiger partial charge is 0.497 e. The van der Waals surface area contributed by atoms with Crippen molar-refractivity contribution >= 4 is 21.8 Å². The quantitative estimate of drug-likeness (QED) is 0.815. The number of benzene rings is 2. The molecule has 0 aliphatic heterocycles. The SMILES string of the molecule is COc1ccc(CCNC(=O)CCc2cccc(Br)c2)cc1. The highest BCUT2D eigenvalue weighted by atomic mass is 79.9. The molecule has 0 unspecified atom stereocenters. The number of halogens is 1. The number of carbonyl (C=O) groups is 1. The molecular formula is C18H20BrNO2. The van der Waals surface area contributed by atoms with E-state index in [4.69, 9.17) is 4.74 Å². The summed E-state index contributed by atoms with van der Waals surface area (Å²) in [7, 11) is 1.65. The first-order chi connectivity index (χ1) is 10.7. The van der Waals surface area contributed by atoms with E-state index in [1.807, 2.05) is 48.5 Å². The summed E-state index contributed by atoms with van der Waals surface area (Å²) in [6.07, 6.45) is 2.10. The van der Waals surface area contributed by atoms with Crippen LogP contribution in [-0.4, -0.2) is 19.6 Å². The summed E-state index contributed by atoms with van der Waals surface area (Å²) in [5.74, 6) is 0.940. The molecule has 0 spiro atoms. The lowest BCUT2D eigenvalue weighted by atomic mass is 10.1. The van der Waals surface area contributed by atoms with Crippen molar-refractivity contribution in [1.29, 1.82) is 0 Å². The summed E-state index contributed by atoms with van der Waals surface area (Å²) >= 11 is 3.44. The molecule has 0 aliphatic rings. The van der Waals surface area contributed by atoms with Crippen LogP contribution in [0.4, 0.5) is 0 Å². The number of aryl methyl sites for hydroxylation is 1. The highest BCUT2D eigenvalue weighted by Crippen LogP contribution is 2.13. The number of amides is 1. The van der Waals surface area contributed by atoms with Gasteiger partial charge in [0.25, 0.3) is 0 Å². The Morgan fingerprint density at radius 2 is 1.86 bits per heavy atom. The van der Waals surface area contributed by atoms with E-state index in [0.29, 0.717) is 13.0 Å². The van der Waals surface area contributed by atoms with E-state index in [2.05, 4.69) is 21.2 Å². The molecule has 2 rings (SSSR count). The normalized spacial score (nSPS) is 10.3. The minimum Gasteiger partial charge on any atom is -0.497 e. The summed E-state index contributed by atoms with van der Waals surface area (Å²) in [5.41, 5.74) is 2.35. The van der Waals surface area contributed by atoms with Gasteiger partial charge in [-0.2, -0.15) is 0 Å². The Morgan fingerprint density at radius 3 is 2.55 bits per heavy atom. The smallest absolute Gasteiger partial charge is 0.220 e. The van der Waals surface area contributed by atoms with E-state index in [1.54, 1.807) is 7.11 Å². The maximum Gasteiger partial charge on any atom is 0.220 e. The molecule has 3 nitrogen and oxygen atoms in total. The predicted molar refractivity (Wildman–Crippen MR) is 92.2 cm³/mol. The van der Waals surface area contributed by atoms with E-state index in [-0.39, 0.29) is 5.91 Å². The second-order valence-corrected chi connectivity index (χ2v) is 5.99. The zero-order valence-electron chi connectivity index (χ0n) is 12.6. The van der Waals surface area contributed by atoms with Gasteiger partial charge in [0.15, 0.2) is 0 Å². The fourth-order valence-electron chi connectivity index (χ4n) is 2.18. The first-order valence-electron chi connectivity index (χ1n) is 7.31. The minimum atomic E-state index is 0.0912. The van der Waals surface area contributed by atoms with E-state index in [0.717, 1.165) is 23.1 Å². The van der Waals surface area contributed by atoms with Gasteiger partial charge in [-0.25, -0.2) is 0 Å². The Morgan fingerprint density at radius 1 is 1.09 bits per heavy atom. The first-order valence-corrected chi connectivity index (χ1v) is 8.11. The van der Waals surface area contributed by atoms with Gasteiger partial charge < -0.3 is 10.1 Å². The summed E-state index contributed by atoms with van der Waals surface area (Å²) in [4.78, 5) is 11.8. The molecule has 4 heteroatoms. The van der Waals surface area contributed by atoms with Gasteiger partial charge in [-0.15, -0.1) is 0 Å². The molecule has 0 aliphatic carbocycles. The van der Waals surface area contributed by atoms with Crippen LogP contribution in [0.5, 0.6) is 5.75 Å². The summed E-state index contributed by atoms with van der Waals surface area (Å²) in [6.45, 7) is 0.656. The number of methoxy groups -OCH3 is 1. The molecule has 22 heavy (non-hydrogen) atoms. The number of hydrogen-bond acceptors (Lipinski definition) is 2. The van der Waals surface area contributed by atoms with Gasteiger partial charge in [-0.05, 0) is 48.2 Å². The molecule has 2 aromatic rings. The Kier molecular flexibility index (Phi) is 6.46. The number of ether oxygens (including phenoxy) is 1. The zero-order chi connectivity index (χ0) is 15.8. The van der Waals surface area contributed by atoms with Gasteiger partial charge in [0.05, 0.1) is 7.11 Å². The number of nitrogens with one attached hydrogen (secondary N) is 1. The van der Waals surface area contributed by atoms with Crippen LogP contribution in [0.15, 0.2) is 53.0 Å². The molecule has 0 bridgehead atoms. The third-order valence-electron chi connectivity index (χ3n) is 3.42. The van der Waals surface area contributed by atoms with Crippen LogP contribution in [0.3, 0.4) is 0 Å². The van der Waals surface area contributed by atoms with Gasteiger partial charge in [-0.3, -0.25) is 4.79 Å². The van der Waals surface area contributed by atoms with Crippen molar-refractivity contribution in [3.63, 3.8) is 0 Å². The molecule has 0 aromatic heterocycles. The third kappa shape index (κ3) is 5.53. The molecule has 0 saturated carbocycles. The molecule has 1 amide bonds. The second-order valence-electron chi connectivity index (χ2n) is 5.08. The maximum absolute atomic E-state index is 11.8. The molecule has 0 radical (unpaired) electrons. The van der Waals surface area contributed by atoms with Crippen molar-refractivity contribution in [3.8, 4) is 5.75 Å². The second kappa shape index (κ2) is 8.59. The Labute approximate surface area is 139 Å². The van der Waals surface area contributed by atoms with Crippen molar-refractivity contribution < 1.29 is 9.53 Å². The maximum atomic E-state index is 11.8. The average molecular weight is 362 g/mol. The summed E-state index contributed by atoms with van der Waals surface area (Å²) in [6, 6.07) is 16.0. The highest BCUT2D eigenvalue weighted by Gasteiger charge is 2.03. The molecular weight excluding hydrogens is 342 g/mol. The average Bonchev–Trinajstić information content (AvgIpc) is 2.54. The van der Waals surface area contributed by atoms with Gasteiger partial charge in [0, 0.05) is 17.4 Å². The van der Waals surface area contributed by atoms with Crippen molar-refractivity contribution in [2.24, 2.45) is 0 Å². The van der Waals surface area contributed by atoms with E-state index >= 15 is 0 Å². The lowest BCUT2D eigenvalue weighted by Gasteiger charge is -2.06. The molecule has 2 aromatic carbocycles. The molecule has 0 fully saturated rings. The van der Waals surface area contributed by atoms with E-state index in [1.165, 1.54) is 11.1 Å². The zero-order valence-corrected chi connectivity index (χ0v) is 14.2. The lowest BCUT2D eigenvalue weighted by molar-refractivity contribution is -0.121. The van der Waals surface area contributed by atoms with Crippen LogP contribution in [-0.2, 0) is 17.6 Å². The van der Waals surface area contributed by atoms with Crippen molar-refractivity contribution in [3.05, 3.63) is 64.1 Å². The number of carbonyl (C=O) groups excluding carboxylic acids is 1. The van der Waals surface area contributed by atoms with Crippen LogP contribution in [0.25, 0.3) is 0 Å². The van der Waals surface area contributed by atoms with Crippen LogP contribution in [0, 0.1) is 0 Å². The number of hydrogen-bond donors (Lipinski definition) is 1. The summed E-state index contributed by atoms with van der Waals surface area (Å²) in [5, 5.41) is 2.96. The number of rotatable bonds is 7. The fraction of sp³-hybridized carbons (Fsp3) is 0.278. The van der Waals surface area contributed by atoms with Crippen LogP contribution >= 0.6 is 15.9 Å². The lowest BCUT2D eigenvalue weighted by Crippen LogP contribution is -2.25. The van der Waals surface area contributed by atoms with E-state index < -0.39 is 0 Å². The van der Waals surface area contributed by atoms with Crippen molar-refractivity contribution in [1.82, 2.24) is 5.32 Å². The van der Waals surface area contributed by atoms with E-state index in [9.17, 15) is 4.79 Å². The predicted octanol–water partition coefficient (Wildman–Crippen LogP) is 3.75. The highest BCUT2D eigenvalue weighted by molar-refractivity contribution is 9.10. The molecule has 116 valence electrons. The van der Waals surface area contributed by atoms with Crippen LogP contribution < -0.4 is 10.1 Å². The topological polar surface area (TPSA) is 38.3 Å². The molecule has 0 saturated heterocycles. The van der Waals surface area contributed by atoms with Crippen molar-refractivity contribution in [2.45, 2.75) is 19.3 Å². The Hall–Kier alpha value is -1.81. The standard InChI is InChI=1S/C18H20BrNO2/c1-22-17-8-5-14(6-9-17)11-12-20-18(21)10-7-15-3-2-4-16(19)13-15/h2-6,8-9,13H,7,10-12H2,1H3,(H,20,21). The van der Waals surface area contributed by atoms with Gasteiger partial charge in [-0.1, -0.05) is 40.2 Å². The van der Waals surface area contributed by atoms with Crippen molar-refractivity contribution in [2.75, 3.05) is 13.7 Å². The Balaban J connectivity index is 1.69. The molecule has 0 heterocycles. The summed E-state index contributed by atoms with van der Waals surface area (Å²) < 4.78 is 6.17. The van der Waals surface area contributed by atoms with Crippen LogP contribution in [0.1, 0.15) is 17.5 Å². The fourth-order valence-corrected chi connectivity index (χ4v) is 2.62. The van der Waals surface area contributed by atoms with Gasteiger partial charge in [0.2, 0.25) is 5.91 Å². The van der Waals surface area contributed by atoms with Gasteiger partial charge in [0.1, 0.15) is 5.75 Å². The molecule has 1 N–H and O–H groups in total. The molecule has 0 atom stereocenters. The van der Waals surface area contributed by atoms with Gasteiger partial charge >= 0.3 is 0 Å². The minimum absolute atomic E-state index is 0.0912. The van der Waals surface area contributed by atoms with Crippen LogP contribution in [0.2, 0.25) is 0 Å². The monoisotopic (exact) mass is 361 g/mol. The third-order valence-corrected chi connectivity index (χ3v) is 3.92. The first kappa shape index (κ1) is 16.6.